The van der Waals surface area contributed by atoms with Crippen LogP contribution in [0.15, 0.2) is 71.2 Å². The van der Waals surface area contributed by atoms with E-state index >= 15 is 0 Å². The number of rotatable bonds is 10. The molecule has 0 fully saturated rings. The van der Waals surface area contributed by atoms with Gasteiger partial charge in [0.1, 0.15) is 11.5 Å². The van der Waals surface area contributed by atoms with Gasteiger partial charge in [0.05, 0.1) is 0 Å². The van der Waals surface area contributed by atoms with Gasteiger partial charge >= 0.3 is 11.9 Å². The fourth-order valence-electron chi connectivity index (χ4n) is 3.07. The Hall–Kier alpha value is -2.44. The summed E-state index contributed by atoms with van der Waals surface area (Å²) in [6, 6.07) is 15.1. The lowest BCUT2D eigenvalue weighted by Gasteiger charge is -2.26. The van der Waals surface area contributed by atoms with Gasteiger partial charge in [-0.05, 0) is 67.3 Å². The van der Waals surface area contributed by atoms with Crippen molar-refractivity contribution in [2.45, 2.75) is 40.0 Å². The third-order valence-corrected chi connectivity index (χ3v) is 6.79. The molecule has 0 amide bonds. The Balaban J connectivity index is 2.04. The Kier molecular flexibility index (Phi) is 10.3. The highest BCUT2D eigenvalue weighted by molar-refractivity contribution is 8.05. The number of allylic oxidation sites excluding steroid dienone is 2. The molecule has 0 saturated heterocycles. The highest BCUT2D eigenvalue weighted by Crippen LogP contribution is 2.33. The van der Waals surface area contributed by atoms with Crippen LogP contribution in [0.4, 0.5) is 0 Å². The molecule has 0 aliphatic carbocycles. The van der Waals surface area contributed by atoms with Gasteiger partial charge in [0.2, 0.25) is 0 Å². The van der Waals surface area contributed by atoms with Crippen molar-refractivity contribution in [3.63, 3.8) is 0 Å². The average molecular weight is 485 g/mol. The predicted octanol–water partition coefficient (Wildman–Crippen LogP) is 6.79. The average Bonchev–Trinajstić information content (AvgIpc) is 2.74. The maximum Gasteiger partial charge on any atom is 0.336 e. The summed E-state index contributed by atoms with van der Waals surface area (Å²) in [5.41, 5.74) is 2.77. The van der Waals surface area contributed by atoms with Crippen molar-refractivity contribution in [3.05, 3.63) is 82.3 Å². The molecular formula is C27H32O4S2. The predicted molar refractivity (Wildman–Crippen MR) is 140 cm³/mol. The number of hydrogen-bond donors (Lipinski definition) is 0. The molecule has 2 aromatic rings. The molecule has 0 heterocycles. The summed E-state index contributed by atoms with van der Waals surface area (Å²) in [5, 5.41) is 0. The molecule has 0 aliphatic rings. The summed E-state index contributed by atoms with van der Waals surface area (Å²) in [5.74, 6) is 2.30. The number of hydrogen-bond acceptors (Lipinski definition) is 6. The van der Waals surface area contributed by atoms with Crippen LogP contribution in [0.1, 0.15) is 45.7 Å². The molecular weight excluding hydrogens is 452 g/mol. The molecule has 0 saturated carbocycles. The van der Waals surface area contributed by atoms with Crippen molar-refractivity contribution in [2.24, 2.45) is 0 Å². The van der Waals surface area contributed by atoms with Crippen LogP contribution in [-0.4, -0.2) is 29.7 Å². The van der Waals surface area contributed by atoms with Crippen molar-refractivity contribution in [3.8, 4) is 11.5 Å². The zero-order valence-electron chi connectivity index (χ0n) is 20.1. The van der Waals surface area contributed by atoms with Crippen LogP contribution in [0.2, 0.25) is 0 Å². The molecule has 0 aliphatic heterocycles. The highest BCUT2D eigenvalue weighted by atomic mass is 32.2. The number of carbonyl (C=O) groups excluding carboxylic acids is 2. The summed E-state index contributed by atoms with van der Waals surface area (Å²) < 4.78 is 10.8. The van der Waals surface area contributed by atoms with Crippen molar-refractivity contribution in [2.75, 3.05) is 17.8 Å². The van der Waals surface area contributed by atoms with Gasteiger partial charge in [0, 0.05) is 29.1 Å². The van der Waals surface area contributed by atoms with E-state index in [-0.39, 0.29) is 17.4 Å². The number of ether oxygens (including phenoxy) is 2. The molecule has 2 rings (SSSR count). The maximum absolute atomic E-state index is 12.2. The smallest absolute Gasteiger partial charge is 0.336 e. The molecule has 0 N–H and O–H groups in total. The van der Waals surface area contributed by atoms with E-state index in [1.54, 1.807) is 35.7 Å². The Morgan fingerprint density at radius 1 is 0.788 bits per heavy atom. The van der Waals surface area contributed by atoms with Crippen LogP contribution in [-0.2, 0) is 15.0 Å². The largest absolute Gasteiger partial charge is 0.423 e. The van der Waals surface area contributed by atoms with Crippen LogP contribution >= 0.6 is 23.5 Å². The summed E-state index contributed by atoms with van der Waals surface area (Å²) in [7, 11) is 0. The normalized spacial score (nSPS) is 11.6. The molecule has 176 valence electrons. The lowest BCUT2D eigenvalue weighted by atomic mass is 9.78. The quantitative estimate of drug-likeness (QED) is 0.160. The summed E-state index contributed by atoms with van der Waals surface area (Å²) >= 11 is 3.44. The Morgan fingerprint density at radius 3 is 1.67 bits per heavy atom. The molecule has 0 unspecified atom stereocenters. The Bertz CT molecular complexity index is 999. The summed E-state index contributed by atoms with van der Waals surface area (Å²) in [6.07, 6.45) is 5.07. The fourth-order valence-corrected chi connectivity index (χ4v) is 4.57. The number of carbonyl (C=O) groups is 2. The lowest BCUT2D eigenvalue weighted by Crippen LogP contribution is -2.19. The number of benzene rings is 2. The molecule has 33 heavy (non-hydrogen) atoms. The lowest BCUT2D eigenvalue weighted by molar-refractivity contribution is -0.129. The molecule has 0 aromatic heterocycles. The highest BCUT2D eigenvalue weighted by Gasteiger charge is 2.23. The molecule has 0 spiro atoms. The first kappa shape index (κ1) is 26.8. The first-order chi connectivity index (χ1) is 15.6. The maximum atomic E-state index is 12.2. The molecule has 6 heteroatoms. The first-order valence-corrected chi connectivity index (χ1v) is 13.1. The fraction of sp³-hybridized carbons (Fsp3) is 0.333. The number of thioether (sulfide) groups is 2. The van der Waals surface area contributed by atoms with E-state index in [4.69, 9.17) is 9.47 Å². The van der Waals surface area contributed by atoms with Gasteiger partial charge in [-0.3, -0.25) is 0 Å². The van der Waals surface area contributed by atoms with Crippen LogP contribution in [0.3, 0.4) is 0 Å². The topological polar surface area (TPSA) is 52.6 Å². The van der Waals surface area contributed by atoms with Gasteiger partial charge in [-0.15, -0.1) is 11.8 Å². The van der Waals surface area contributed by atoms with Crippen LogP contribution in [0, 0.1) is 0 Å². The van der Waals surface area contributed by atoms with Crippen LogP contribution < -0.4 is 9.47 Å². The van der Waals surface area contributed by atoms with Gasteiger partial charge in [-0.25, -0.2) is 9.59 Å². The monoisotopic (exact) mass is 484 g/mol. The summed E-state index contributed by atoms with van der Waals surface area (Å²) in [4.78, 5) is 24.9. The van der Waals surface area contributed by atoms with Crippen molar-refractivity contribution in [1.82, 2.24) is 0 Å². The molecule has 4 nitrogen and oxygen atoms in total. The van der Waals surface area contributed by atoms with Gasteiger partial charge in [0.15, 0.2) is 0 Å². The van der Waals surface area contributed by atoms with Gasteiger partial charge in [-0.1, -0.05) is 43.7 Å². The van der Waals surface area contributed by atoms with Crippen LogP contribution in [0.5, 0.6) is 11.5 Å². The van der Waals surface area contributed by atoms with E-state index in [0.717, 1.165) is 33.1 Å². The van der Waals surface area contributed by atoms with E-state index in [1.165, 1.54) is 12.2 Å². The molecule has 0 atom stereocenters. The standard InChI is InChI=1S/C27H32O4S2/c1-19(2)17-25(28)30-23-11-7-21(8-12-23)27(4,5)22-9-13-24(14-10-22)31-26(29)18-20(3)33-16-15-32-6/h7-14,17-18H,15-16H2,1-6H3/b20-18+. The van der Waals surface area contributed by atoms with Crippen molar-refractivity contribution >= 4 is 35.5 Å². The minimum Gasteiger partial charge on any atom is -0.423 e. The van der Waals surface area contributed by atoms with Crippen molar-refractivity contribution in [1.29, 1.82) is 0 Å². The molecule has 0 radical (unpaired) electrons. The van der Waals surface area contributed by atoms with Crippen molar-refractivity contribution < 1.29 is 19.1 Å². The third-order valence-electron chi connectivity index (χ3n) is 4.93. The number of esters is 2. The van der Waals surface area contributed by atoms with E-state index in [9.17, 15) is 9.59 Å². The second-order valence-corrected chi connectivity index (χ2v) is 10.7. The van der Waals surface area contributed by atoms with Gasteiger partial charge in [0.25, 0.3) is 0 Å². The minimum absolute atomic E-state index is 0.282. The van der Waals surface area contributed by atoms with E-state index in [2.05, 4.69) is 20.1 Å². The minimum atomic E-state index is -0.379. The Morgan fingerprint density at radius 2 is 1.24 bits per heavy atom. The van der Waals surface area contributed by atoms with E-state index in [0.29, 0.717) is 11.5 Å². The van der Waals surface area contributed by atoms with Gasteiger partial charge < -0.3 is 9.47 Å². The molecule has 2 aromatic carbocycles. The zero-order chi connectivity index (χ0) is 24.4. The first-order valence-electron chi connectivity index (χ1n) is 10.7. The molecule has 0 bridgehead atoms. The summed E-state index contributed by atoms with van der Waals surface area (Å²) in [6.45, 7) is 9.87. The SMILES string of the molecule is CSCCS/C(C)=C/C(=O)Oc1ccc(C(C)(C)c2ccc(OC(=O)C=C(C)C)cc2)cc1. The van der Waals surface area contributed by atoms with E-state index in [1.807, 2.05) is 57.2 Å². The Labute approximate surface area is 205 Å². The second-order valence-electron chi connectivity index (χ2n) is 8.33. The van der Waals surface area contributed by atoms with Gasteiger partial charge in [-0.2, -0.15) is 11.8 Å². The zero-order valence-corrected chi connectivity index (χ0v) is 21.8. The van der Waals surface area contributed by atoms with Crippen LogP contribution in [0.25, 0.3) is 0 Å². The van der Waals surface area contributed by atoms with E-state index < -0.39 is 0 Å². The third kappa shape index (κ3) is 8.78. The second kappa shape index (κ2) is 12.7.